The van der Waals surface area contributed by atoms with Crippen LogP contribution in [0.1, 0.15) is 24.2 Å². The van der Waals surface area contributed by atoms with Crippen LogP contribution in [0, 0.1) is 0 Å². The molecule has 0 aliphatic rings. The van der Waals surface area contributed by atoms with E-state index in [9.17, 15) is 9.59 Å². The lowest BCUT2D eigenvalue weighted by Crippen LogP contribution is -2.42. The Morgan fingerprint density at radius 1 is 1.22 bits per heavy atom. The molecule has 4 nitrogen and oxygen atoms in total. The predicted octanol–water partition coefficient (Wildman–Crippen LogP) is 2.55. The molecule has 6 heteroatoms. The molecule has 1 rings (SSSR count). The van der Waals surface area contributed by atoms with Gasteiger partial charge in [-0.25, -0.2) is 0 Å². The van der Waals surface area contributed by atoms with E-state index in [0.29, 0.717) is 5.56 Å². The highest BCUT2D eigenvalue weighted by atomic mass is 79.9. The van der Waals surface area contributed by atoms with Gasteiger partial charge in [0.1, 0.15) is 0 Å². The number of carbonyl (C=O) groups excluding carboxylic acids is 2. The van der Waals surface area contributed by atoms with Gasteiger partial charge in [-0.1, -0.05) is 31.9 Å². The van der Waals surface area contributed by atoms with Crippen molar-refractivity contribution in [2.45, 2.75) is 19.9 Å². The molecule has 0 aliphatic carbocycles. The van der Waals surface area contributed by atoms with Gasteiger partial charge in [0, 0.05) is 20.6 Å². The average molecular weight is 378 g/mol. The first-order chi connectivity index (χ1) is 8.31. The van der Waals surface area contributed by atoms with Crippen molar-refractivity contribution in [2.75, 3.05) is 6.54 Å². The van der Waals surface area contributed by atoms with Gasteiger partial charge >= 0.3 is 0 Å². The van der Waals surface area contributed by atoms with Gasteiger partial charge in [0.2, 0.25) is 5.91 Å². The van der Waals surface area contributed by atoms with Gasteiger partial charge in [-0.15, -0.1) is 0 Å². The number of benzene rings is 1. The van der Waals surface area contributed by atoms with E-state index in [-0.39, 0.29) is 18.5 Å². The van der Waals surface area contributed by atoms with Crippen LogP contribution in [0.25, 0.3) is 0 Å². The molecule has 1 aromatic rings. The topological polar surface area (TPSA) is 63.4 Å². The summed E-state index contributed by atoms with van der Waals surface area (Å²) in [4.78, 5) is 24.7. The lowest BCUT2D eigenvalue weighted by Gasteiger charge is -2.25. The standard InChI is InChI=1S/C12H14Br2N2O2/c1-7(2)16(6-11(15)17)12(18)8-3-9(13)5-10(14)4-8/h3-5,7H,6H2,1-2H3,(H2,15,17). The zero-order chi connectivity index (χ0) is 13.9. The summed E-state index contributed by atoms with van der Waals surface area (Å²) in [6.45, 7) is 3.60. The minimum Gasteiger partial charge on any atom is -0.368 e. The minimum atomic E-state index is -0.522. The van der Waals surface area contributed by atoms with Gasteiger partial charge in [-0.3, -0.25) is 9.59 Å². The monoisotopic (exact) mass is 376 g/mol. The first-order valence-corrected chi connectivity index (χ1v) is 6.95. The van der Waals surface area contributed by atoms with Crippen LogP contribution < -0.4 is 5.73 Å². The van der Waals surface area contributed by atoms with Crippen LogP contribution in [0.2, 0.25) is 0 Å². The van der Waals surface area contributed by atoms with E-state index in [4.69, 9.17) is 5.73 Å². The number of nitrogens with zero attached hydrogens (tertiary/aromatic N) is 1. The van der Waals surface area contributed by atoms with Crippen LogP contribution in [0.15, 0.2) is 27.1 Å². The summed E-state index contributed by atoms with van der Waals surface area (Å²) in [5.74, 6) is -0.739. The number of hydrogen-bond acceptors (Lipinski definition) is 2. The number of rotatable bonds is 4. The Bertz CT molecular complexity index is 455. The van der Waals surface area contributed by atoms with Crippen LogP contribution in [-0.2, 0) is 4.79 Å². The highest BCUT2D eigenvalue weighted by Gasteiger charge is 2.21. The van der Waals surface area contributed by atoms with E-state index in [1.165, 1.54) is 4.90 Å². The van der Waals surface area contributed by atoms with E-state index < -0.39 is 5.91 Å². The second kappa shape index (κ2) is 6.33. The highest BCUT2D eigenvalue weighted by Crippen LogP contribution is 2.21. The molecule has 1 aromatic carbocycles. The second-order valence-corrected chi connectivity index (χ2v) is 5.98. The van der Waals surface area contributed by atoms with Gasteiger partial charge < -0.3 is 10.6 Å². The van der Waals surface area contributed by atoms with Gasteiger partial charge in [-0.2, -0.15) is 0 Å². The van der Waals surface area contributed by atoms with Crippen molar-refractivity contribution < 1.29 is 9.59 Å². The summed E-state index contributed by atoms with van der Waals surface area (Å²) in [5.41, 5.74) is 5.66. The number of nitrogens with two attached hydrogens (primary N) is 1. The molecule has 98 valence electrons. The molecule has 0 aromatic heterocycles. The van der Waals surface area contributed by atoms with Gasteiger partial charge in [0.15, 0.2) is 0 Å². The molecule has 0 atom stereocenters. The quantitative estimate of drug-likeness (QED) is 0.876. The van der Waals surface area contributed by atoms with Crippen molar-refractivity contribution in [3.8, 4) is 0 Å². The Morgan fingerprint density at radius 3 is 2.11 bits per heavy atom. The molecule has 0 spiro atoms. The third kappa shape index (κ3) is 4.10. The Labute approximate surface area is 123 Å². The van der Waals surface area contributed by atoms with E-state index in [1.54, 1.807) is 12.1 Å². The summed E-state index contributed by atoms with van der Waals surface area (Å²) >= 11 is 6.65. The summed E-state index contributed by atoms with van der Waals surface area (Å²) in [7, 11) is 0. The van der Waals surface area contributed by atoms with Crippen molar-refractivity contribution in [2.24, 2.45) is 5.73 Å². The van der Waals surface area contributed by atoms with Crippen LogP contribution >= 0.6 is 31.9 Å². The largest absolute Gasteiger partial charge is 0.368 e. The number of primary amides is 1. The van der Waals surface area contributed by atoms with Crippen molar-refractivity contribution in [1.82, 2.24) is 4.90 Å². The van der Waals surface area contributed by atoms with E-state index in [1.807, 2.05) is 19.9 Å². The molecular weight excluding hydrogens is 364 g/mol. The third-order valence-electron chi connectivity index (χ3n) is 2.32. The maximum absolute atomic E-state index is 12.3. The lowest BCUT2D eigenvalue weighted by molar-refractivity contribution is -0.119. The Kier molecular flexibility index (Phi) is 5.34. The molecule has 2 amide bonds. The van der Waals surface area contributed by atoms with Crippen molar-refractivity contribution in [1.29, 1.82) is 0 Å². The molecule has 0 saturated heterocycles. The Morgan fingerprint density at radius 2 is 1.72 bits per heavy atom. The fourth-order valence-corrected chi connectivity index (χ4v) is 2.79. The fraction of sp³-hybridized carbons (Fsp3) is 0.333. The van der Waals surface area contributed by atoms with Crippen molar-refractivity contribution in [3.05, 3.63) is 32.7 Å². The van der Waals surface area contributed by atoms with E-state index in [2.05, 4.69) is 31.9 Å². The summed E-state index contributed by atoms with van der Waals surface area (Å²) < 4.78 is 1.59. The van der Waals surface area contributed by atoms with E-state index in [0.717, 1.165) is 8.95 Å². The van der Waals surface area contributed by atoms with Crippen molar-refractivity contribution >= 4 is 43.7 Å². The van der Waals surface area contributed by atoms with Crippen molar-refractivity contribution in [3.63, 3.8) is 0 Å². The zero-order valence-corrected chi connectivity index (χ0v) is 13.3. The van der Waals surface area contributed by atoms with Gasteiger partial charge in [0.05, 0.1) is 6.54 Å². The Hall–Kier alpha value is -0.880. The summed E-state index contributed by atoms with van der Waals surface area (Å²) in [5, 5.41) is 0. The zero-order valence-electron chi connectivity index (χ0n) is 10.1. The van der Waals surface area contributed by atoms with Gasteiger partial charge in [-0.05, 0) is 32.0 Å². The molecule has 0 aliphatic heterocycles. The molecule has 2 N–H and O–H groups in total. The molecule has 0 heterocycles. The van der Waals surface area contributed by atoms with Crippen LogP contribution in [0.4, 0.5) is 0 Å². The SMILES string of the molecule is CC(C)N(CC(N)=O)C(=O)c1cc(Br)cc(Br)c1. The molecule has 0 fully saturated rings. The predicted molar refractivity (Wildman–Crippen MR) is 77.2 cm³/mol. The number of hydrogen-bond donors (Lipinski definition) is 1. The maximum atomic E-state index is 12.3. The smallest absolute Gasteiger partial charge is 0.254 e. The second-order valence-electron chi connectivity index (χ2n) is 4.15. The fourth-order valence-electron chi connectivity index (χ4n) is 1.50. The minimum absolute atomic E-state index is 0.0827. The molecular formula is C12H14Br2N2O2. The highest BCUT2D eigenvalue weighted by molar-refractivity contribution is 9.11. The number of amides is 2. The lowest BCUT2D eigenvalue weighted by atomic mass is 10.1. The van der Waals surface area contributed by atoms with Crippen LogP contribution in [0.3, 0.4) is 0 Å². The number of carbonyl (C=O) groups is 2. The molecule has 0 bridgehead atoms. The summed E-state index contributed by atoms with van der Waals surface area (Å²) in [6, 6.07) is 5.17. The third-order valence-corrected chi connectivity index (χ3v) is 3.24. The maximum Gasteiger partial charge on any atom is 0.254 e. The first kappa shape index (κ1) is 15.2. The van der Waals surface area contributed by atoms with E-state index >= 15 is 0 Å². The molecule has 0 saturated carbocycles. The van der Waals surface area contributed by atoms with Gasteiger partial charge in [0.25, 0.3) is 5.91 Å². The molecule has 0 unspecified atom stereocenters. The van der Waals surface area contributed by atoms with Crippen LogP contribution in [-0.4, -0.2) is 29.3 Å². The van der Waals surface area contributed by atoms with Crippen LogP contribution in [0.5, 0.6) is 0 Å². The summed E-state index contributed by atoms with van der Waals surface area (Å²) in [6.07, 6.45) is 0. The molecule has 18 heavy (non-hydrogen) atoms. The number of halogens is 2. The average Bonchev–Trinajstić information content (AvgIpc) is 2.23. The molecule has 0 radical (unpaired) electrons. The Balaban J connectivity index is 3.05. The normalized spacial score (nSPS) is 10.5. The first-order valence-electron chi connectivity index (χ1n) is 5.36.